The first kappa shape index (κ1) is 11.3. The van der Waals surface area contributed by atoms with Crippen molar-refractivity contribution in [3.8, 4) is 10.6 Å². The maximum Gasteiger partial charge on any atom is 0.123 e. The minimum Gasteiger partial charge on any atom is -0.241 e. The number of aryl methyl sites for hydroxylation is 2. The van der Waals surface area contributed by atoms with Gasteiger partial charge in [0.1, 0.15) is 5.01 Å². The normalized spacial score (nSPS) is 11.1. The van der Waals surface area contributed by atoms with Gasteiger partial charge in [-0.25, -0.2) is 4.98 Å². The zero-order valence-electron chi connectivity index (χ0n) is 10.2. The van der Waals surface area contributed by atoms with Gasteiger partial charge in [0.25, 0.3) is 0 Å². The van der Waals surface area contributed by atoms with Gasteiger partial charge in [-0.3, -0.25) is 0 Å². The van der Waals surface area contributed by atoms with Crippen molar-refractivity contribution in [2.45, 2.75) is 33.6 Å². The summed E-state index contributed by atoms with van der Waals surface area (Å²) in [6.45, 7) is 8.64. The number of rotatable bonds is 2. The number of aromatic nitrogens is 1. The van der Waals surface area contributed by atoms with E-state index in [1.54, 1.807) is 11.3 Å². The summed E-state index contributed by atoms with van der Waals surface area (Å²) in [6.07, 6.45) is 0. The first-order valence-electron chi connectivity index (χ1n) is 5.61. The number of hydrogen-bond acceptors (Lipinski definition) is 2. The van der Waals surface area contributed by atoms with Crippen LogP contribution in [0.25, 0.3) is 10.6 Å². The molecule has 84 valence electrons. The smallest absolute Gasteiger partial charge is 0.123 e. The Labute approximate surface area is 101 Å². The SMILES string of the molecule is Cc1csc(-c2cc(C(C)C)ccc2C)n1. The molecule has 16 heavy (non-hydrogen) atoms. The fourth-order valence-corrected chi connectivity index (χ4v) is 2.59. The predicted molar refractivity (Wildman–Crippen MR) is 71.1 cm³/mol. The van der Waals surface area contributed by atoms with Crippen molar-refractivity contribution >= 4 is 11.3 Å². The third-order valence-corrected chi connectivity index (χ3v) is 3.77. The van der Waals surface area contributed by atoms with Crippen LogP contribution in [-0.2, 0) is 0 Å². The lowest BCUT2D eigenvalue weighted by atomic mass is 9.98. The third kappa shape index (κ3) is 2.17. The summed E-state index contributed by atoms with van der Waals surface area (Å²) in [4.78, 5) is 4.56. The van der Waals surface area contributed by atoms with Crippen molar-refractivity contribution in [2.75, 3.05) is 0 Å². The Morgan fingerprint density at radius 2 is 1.94 bits per heavy atom. The van der Waals surface area contributed by atoms with Crippen LogP contribution in [0.4, 0.5) is 0 Å². The Morgan fingerprint density at radius 1 is 1.19 bits per heavy atom. The van der Waals surface area contributed by atoms with Crippen molar-refractivity contribution in [1.82, 2.24) is 4.98 Å². The number of hydrogen-bond donors (Lipinski definition) is 0. The van der Waals surface area contributed by atoms with Gasteiger partial charge in [-0.2, -0.15) is 0 Å². The lowest BCUT2D eigenvalue weighted by Gasteiger charge is -2.09. The van der Waals surface area contributed by atoms with E-state index in [1.165, 1.54) is 16.7 Å². The monoisotopic (exact) mass is 231 g/mol. The zero-order chi connectivity index (χ0) is 11.7. The van der Waals surface area contributed by atoms with Crippen LogP contribution < -0.4 is 0 Å². The Bertz CT molecular complexity index is 497. The molecule has 2 heteroatoms. The van der Waals surface area contributed by atoms with Crippen molar-refractivity contribution in [3.05, 3.63) is 40.4 Å². The van der Waals surface area contributed by atoms with Gasteiger partial charge < -0.3 is 0 Å². The first-order chi connectivity index (χ1) is 7.58. The minimum atomic E-state index is 0.570. The number of benzene rings is 1. The fraction of sp³-hybridized carbons (Fsp3) is 0.357. The van der Waals surface area contributed by atoms with Crippen LogP contribution in [0.5, 0.6) is 0 Å². The highest BCUT2D eigenvalue weighted by Gasteiger charge is 2.08. The zero-order valence-corrected chi connectivity index (χ0v) is 11.1. The molecule has 1 aromatic carbocycles. The summed E-state index contributed by atoms with van der Waals surface area (Å²) in [5, 5.41) is 3.24. The second-order valence-electron chi connectivity index (χ2n) is 4.52. The highest BCUT2D eigenvalue weighted by Crippen LogP contribution is 2.29. The van der Waals surface area contributed by atoms with Crippen LogP contribution in [0.1, 0.15) is 36.6 Å². The molecule has 0 spiro atoms. The molecule has 0 atom stereocenters. The maximum absolute atomic E-state index is 4.56. The molecular formula is C14H17NS. The molecule has 0 aliphatic carbocycles. The molecule has 0 radical (unpaired) electrons. The lowest BCUT2D eigenvalue weighted by molar-refractivity contribution is 0.866. The van der Waals surface area contributed by atoms with Crippen LogP contribution in [0, 0.1) is 13.8 Å². The largest absolute Gasteiger partial charge is 0.241 e. The predicted octanol–water partition coefficient (Wildman–Crippen LogP) is 4.55. The van der Waals surface area contributed by atoms with Gasteiger partial charge in [0.2, 0.25) is 0 Å². The molecule has 2 aromatic rings. The van der Waals surface area contributed by atoms with Gasteiger partial charge in [-0.15, -0.1) is 11.3 Å². The fourth-order valence-electron chi connectivity index (χ4n) is 1.71. The van der Waals surface area contributed by atoms with E-state index in [4.69, 9.17) is 0 Å². The topological polar surface area (TPSA) is 12.9 Å². The molecule has 0 saturated carbocycles. The first-order valence-corrected chi connectivity index (χ1v) is 6.49. The third-order valence-electron chi connectivity index (χ3n) is 2.78. The maximum atomic E-state index is 4.56. The highest BCUT2D eigenvalue weighted by molar-refractivity contribution is 7.13. The molecule has 0 saturated heterocycles. The lowest BCUT2D eigenvalue weighted by Crippen LogP contribution is -1.90. The Morgan fingerprint density at radius 3 is 2.50 bits per heavy atom. The molecule has 0 bridgehead atoms. The van der Waals surface area contributed by atoms with Crippen molar-refractivity contribution < 1.29 is 0 Å². The van der Waals surface area contributed by atoms with Gasteiger partial charge in [-0.1, -0.05) is 26.0 Å². The quantitative estimate of drug-likeness (QED) is 0.739. The molecule has 0 unspecified atom stereocenters. The van der Waals surface area contributed by atoms with E-state index in [0.717, 1.165) is 10.7 Å². The minimum absolute atomic E-state index is 0.570. The summed E-state index contributed by atoms with van der Waals surface area (Å²) >= 11 is 1.73. The van der Waals surface area contributed by atoms with E-state index in [0.29, 0.717) is 5.92 Å². The van der Waals surface area contributed by atoms with Crippen molar-refractivity contribution in [3.63, 3.8) is 0 Å². The highest BCUT2D eigenvalue weighted by atomic mass is 32.1. The second kappa shape index (κ2) is 4.38. The summed E-state index contributed by atoms with van der Waals surface area (Å²) in [7, 11) is 0. The molecule has 1 nitrogen and oxygen atoms in total. The Balaban J connectivity index is 2.51. The van der Waals surface area contributed by atoms with Gasteiger partial charge in [-0.05, 0) is 37.0 Å². The average molecular weight is 231 g/mol. The van der Waals surface area contributed by atoms with E-state index in [1.807, 2.05) is 6.92 Å². The van der Waals surface area contributed by atoms with Crippen molar-refractivity contribution in [1.29, 1.82) is 0 Å². The van der Waals surface area contributed by atoms with Crippen LogP contribution >= 0.6 is 11.3 Å². The van der Waals surface area contributed by atoms with Gasteiger partial charge in [0.15, 0.2) is 0 Å². The molecule has 1 heterocycles. The van der Waals surface area contributed by atoms with E-state index >= 15 is 0 Å². The van der Waals surface area contributed by atoms with Gasteiger partial charge in [0.05, 0.1) is 0 Å². The standard InChI is InChI=1S/C14H17NS/c1-9(2)12-6-5-10(3)13(7-12)14-15-11(4)8-16-14/h5-9H,1-4H3. The molecule has 0 amide bonds. The summed E-state index contributed by atoms with van der Waals surface area (Å²) < 4.78 is 0. The summed E-state index contributed by atoms with van der Waals surface area (Å²) in [6, 6.07) is 6.68. The number of nitrogens with zero attached hydrogens (tertiary/aromatic N) is 1. The molecule has 2 rings (SSSR count). The van der Waals surface area contributed by atoms with Gasteiger partial charge in [0, 0.05) is 16.6 Å². The molecular weight excluding hydrogens is 214 g/mol. The van der Waals surface area contributed by atoms with Crippen LogP contribution in [0.2, 0.25) is 0 Å². The Hall–Kier alpha value is -1.15. The number of thiazole rings is 1. The van der Waals surface area contributed by atoms with E-state index < -0.39 is 0 Å². The molecule has 0 N–H and O–H groups in total. The van der Waals surface area contributed by atoms with Crippen LogP contribution in [-0.4, -0.2) is 4.98 Å². The van der Waals surface area contributed by atoms with Gasteiger partial charge >= 0.3 is 0 Å². The van der Waals surface area contributed by atoms with Crippen molar-refractivity contribution in [2.24, 2.45) is 0 Å². The molecule has 0 aliphatic rings. The van der Waals surface area contributed by atoms with E-state index in [-0.39, 0.29) is 0 Å². The van der Waals surface area contributed by atoms with E-state index in [9.17, 15) is 0 Å². The Kier molecular flexibility index (Phi) is 3.10. The van der Waals surface area contributed by atoms with E-state index in [2.05, 4.69) is 49.3 Å². The van der Waals surface area contributed by atoms with Crippen LogP contribution in [0.15, 0.2) is 23.6 Å². The van der Waals surface area contributed by atoms with Crippen LogP contribution in [0.3, 0.4) is 0 Å². The molecule has 1 aromatic heterocycles. The molecule has 0 fully saturated rings. The molecule has 0 aliphatic heterocycles. The summed E-state index contributed by atoms with van der Waals surface area (Å²) in [5.41, 5.74) is 5.07. The second-order valence-corrected chi connectivity index (χ2v) is 5.38. The average Bonchev–Trinajstić information content (AvgIpc) is 2.65. The summed E-state index contributed by atoms with van der Waals surface area (Å²) in [5.74, 6) is 0.570.